The van der Waals surface area contributed by atoms with Gasteiger partial charge in [0.05, 0.1) is 0 Å². The number of hydrogen-bond donors (Lipinski definition) is 0. The van der Waals surface area contributed by atoms with Crippen molar-refractivity contribution < 1.29 is 0 Å². The molecule has 0 aliphatic heterocycles. The van der Waals surface area contributed by atoms with Gasteiger partial charge in [-0.3, -0.25) is 0 Å². The minimum absolute atomic E-state index is 0.246. The van der Waals surface area contributed by atoms with Crippen LogP contribution in [0.1, 0.15) is 55.0 Å². The molecule has 0 aliphatic rings. The molecule has 0 amide bonds. The van der Waals surface area contributed by atoms with Crippen LogP contribution in [0, 0.1) is 27.7 Å². The molecule has 0 radical (unpaired) electrons. The number of rotatable bonds is 3. The van der Waals surface area contributed by atoms with Gasteiger partial charge in [-0.15, -0.1) is 0 Å². The van der Waals surface area contributed by atoms with Gasteiger partial charge in [-0.2, -0.15) is 0 Å². The molecule has 0 saturated heterocycles. The molecule has 0 N–H and O–H groups in total. The maximum atomic E-state index is 2.40. The van der Waals surface area contributed by atoms with E-state index in [2.05, 4.69) is 78.8 Å². The molecule has 0 aromatic heterocycles. The molecule has 0 spiro atoms. The summed E-state index contributed by atoms with van der Waals surface area (Å²) in [5.41, 5.74) is 9.94. The quantitative estimate of drug-likeness (QED) is 0.621. The second-order valence-corrected chi connectivity index (χ2v) is 7.04. The van der Waals surface area contributed by atoms with Gasteiger partial charge >= 0.3 is 0 Å². The lowest BCUT2D eigenvalue weighted by molar-refractivity contribution is 0.503. The van der Waals surface area contributed by atoms with Crippen LogP contribution in [0.15, 0.2) is 30.3 Å². The first kappa shape index (κ1) is 15.8. The zero-order valence-corrected chi connectivity index (χ0v) is 14.6. The van der Waals surface area contributed by atoms with Crippen molar-refractivity contribution in [2.24, 2.45) is 0 Å². The smallest absolute Gasteiger partial charge is 0.0103 e. The second kappa shape index (κ2) is 5.67. The molecule has 21 heavy (non-hydrogen) atoms. The van der Waals surface area contributed by atoms with E-state index < -0.39 is 0 Å². The highest BCUT2D eigenvalue weighted by Crippen LogP contribution is 2.35. The monoisotopic (exact) mass is 280 g/mol. The van der Waals surface area contributed by atoms with Gasteiger partial charge in [-0.1, -0.05) is 56.7 Å². The van der Waals surface area contributed by atoms with Crippen molar-refractivity contribution in [3.63, 3.8) is 0 Å². The minimum atomic E-state index is 0.246. The summed E-state index contributed by atoms with van der Waals surface area (Å²) < 4.78 is 0. The third-order valence-electron chi connectivity index (χ3n) is 4.86. The van der Waals surface area contributed by atoms with Crippen LogP contribution in [-0.2, 0) is 5.41 Å². The van der Waals surface area contributed by atoms with Crippen LogP contribution in [0.3, 0.4) is 0 Å². The third-order valence-corrected chi connectivity index (χ3v) is 4.86. The molecule has 0 bridgehead atoms. The van der Waals surface area contributed by atoms with Gasteiger partial charge in [-0.05, 0) is 72.9 Å². The van der Waals surface area contributed by atoms with E-state index >= 15 is 0 Å². The first-order valence-corrected chi connectivity index (χ1v) is 7.95. The molecule has 0 unspecified atom stereocenters. The number of benzene rings is 2. The van der Waals surface area contributed by atoms with Crippen molar-refractivity contribution in [1.29, 1.82) is 0 Å². The van der Waals surface area contributed by atoms with Crippen LogP contribution in [-0.4, -0.2) is 0 Å². The van der Waals surface area contributed by atoms with Gasteiger partial charge in [0.1, 0.15) is 0 Å². The van der Waals surface area contributed by atoms with E-state index in [1.165, 1.54) is 38.9 Å². The van der Waals surface area contributed by atoms with Crippen LogP contribution < -0.4 is 0 Å². The minimum Gasteiger partial charge on any atom is -0.0646 e. The summed E-state index contributed by atoms with van der Waals surface area (Å²) in [4.78, 5) is 0. The Morgan fingerprint density at radius 3 is 1.95 bits per heavy atom. The normalized spacial score (nSPS) is 11.8. The fourth-order valence-electron chi connectivity index (χ4n) is 3.14. The van der Waals surface area contributed by atoms with Gasteiger partial charge < -0.3 is 0 Å². The van der Waals surface area contributed by atoms with E-state index in [4.69, 9.17) is 0 Å². The standard InChI is InChI=1S/C21H28/c1-8-21(6,7)20-13-16(4)19(12-17(20)5)18-10-9-14(2)11-15(18)3/h9-13H,8H2,1-7H3. The van der Waals surface area contributed by atoms with Gasteiger partial charge in [0.25, 0.3) is 0 Å². The van der Waals surface area contributed by atoms with Crippen molar-refractivity contribution in [1.82, 2.24) is 0 Å². The van der Waals surface area contributed by atoms with Crippen LogP contribution in [0.4, 0.5) is 0 Å². The first-order valence-electron chi connectivity index (χ1n) is 7.95. The molecule has 0 heteroatoms. The maximum absolute atomic E-state index is 2.40. The first-order chi connectivity index (χ1) is 9.76. The Balaban J connectivity index is 2.60. The zero-order valence-electron chi connectivity index (χ0n) is 14.6. The van der Waals surface area contributed by atoms with Crippen molar-refractivity contribution in [3.05, 3.63) is 58.1 Å². The lowest BCUT2D eigenvalue weighted by atomic mass is 9.78. The third kappa shape index (κ3) is 3.05. The van der Waals surface area contributed by atoms with Gasteiger partial charge in [0.15, 0.2) is 0 Å². The average Bonchev–Trinajstić information content (AvgIpc) is 2.41. The Kier molecular flexibility index (Phi) is 4.27. The lowest BCUT2D eigenvalue weighted by Crippen LogP contribution is -2.17. The molecule has 0 nitrogen and oxygen atoms in total. The summed E-state index contributed by atoms with van der Waals surface area (Å²) >= 11 is 0. The lowest BCUT2D eigenvalue weighted by Gasteiger charge is -2.27. The predicted octanol–water partition coefficient (Wildman–Crippen LogP) is 6.27. The molecule has 0 aliphatic carbocycles. The molecule has 2 rings (SSSR count). The van der Waals surface area contributed by atoms with Crippen molar-refractivity contribution >= 4 is 0 Å². The molecule has 0 heterocycles. The highest BCUT2D eigenvalue weighted by atomic mass is 14.3. The largest absolute Gasteiger partial charge is 0.0646 e. The van der Waals surface area contributed by atoms with Crippen LogP contribution in [0.5, 0.6) is 0 Å². The summed E-state index contributed by atoms with van der Waals surface area (Å²) in [5.74, 6) is 0. The summed E-state index contributed by atoms with van der Waals surface area (Å²) in [6, 6.07) is 11.5. The van der Waals surface area contributed by atoms with Crippen molar-refractivity contribution in [2.75, 3.05) is 0 Å². The summed E-state index contributed by atoms with van der Waals surface area (Å²) in [6.45, 7) is 15.8. The summed E-state index contributed by atoms with van der Waals surface area (Å²) in [5, 5.41) is 0. The molecular formula is C21H28. The Morgan fingerprint density at radius 2 is 1.38 bits per heavy atom. The molecule has 0 fully saturated rings. The molecule has 0 atom stereocenters. The van der Waals surface area contributed by atoms with Crippen LogP contribution >= 0.6 is 0 Å². The second-order valence-electron chi connectivity index (χ2n) is 7.04. The van der Waals surface area contributed by atoms with E-state index in [1.807, 2.05) is 0 Å². The average molecular weight is 280 g/mol. The number of hydrogen-bond acceptors (Lipinski definition) is 0. The topological polar surface area (TPSA) is 0 Å². The Morgan fingerprint density at radius 1 is 0.762 bits per heavy atom. The highest BCUT2D eigenvalue weighted by Gasteiger charge is 2.21. The fourth-order valence-corrected chi connectivity index (χ4v) is 3.14. The Labute approximate surface area is 130 Å². The zero-order chi connectivity index (χ0) is 15.8. The van der Waals surface area contributed by atoms with Gasteiger partial charge in [0.2, 0.25) is 0 Å². The highest BCUT2D eigenvalue weighted by molar-refractivity contribution is 5.72. The molecule has 0 saturated carbocycles. The Hall–Kier alpha value is -1.56. The van der Waals surface area contributed by atoms with E-state index in [-0.39, 0.29) is 5.41 Å². The SMILES string of the molecule is CCC(C)(C)c1cc(C)c(-c2ccc(C)cc2C)cc1C. The molecule has 2 aromatic carbocycles. The summed E-state index contributed by atoms with van der Waals surface area (Å²) in [6.07, 6.45) is 1.16. The predicted molar refractivity (Wildman–Crippen MR) is 94.1 cm³/mol. The van der Waals surface area contributed by atoms with E-state index in [0.717, 1.165) is 6.42 Å². The summed E-state index contributed by atoms with van der Waals surface area (Å²) in [7, 11) is 0. The Bertz CT molecular complexity index is 660. The van der Waals surface area contributed by atoms with Crippen molar-refractivity contribution in [3.8, 4) is 11.1 Å². The van der Waals surface area contributed by atoms with Crippen molar-refractivity contribution in [2.45, 2.75) is 60.3 Å². The van der Waals surface area contributed by atoms with E-state index in [1.54, 1.807) is 0 Å². The molecule has 112 valence electrons. The van der Waals surface area contributed by atoms with Crippen LogP contribution in [0.2, 0.25) is 0 Å². The molecular weight excluding hydrogens is 252 g/mol. The van der Waals surface area contributed by atoms with Gasteiger partial charge in [-0.25, -0.2) is 0 Å². The van der Waals surface area contributed by atoms with E-state index in [0.29, 0.717) is 0 Å². The maximum Gasteiger partial charge on any atom is -0.0103 e. The van der Waals surface area contributed by atoms with E-state index in [9.17, 15) is 0 Å². The number of aryl methyl sites for hydroxylation is 4. The molecule has 2 aromatic rings. The van der Waals surface area contributed by atoms with Gasteiger partial charge in [0, 0.05) is 0 Å². The van der Waals surface area contributed by atoms with Crippen LogP contribution in [0.25, 0.3) is 11.1 Å². The fraction of sp³-hybridized carbons (Fsp3) is 0.429.